The van der Waals surface area contributed by atoms with Crippen LogP contribution in [0.4, 0.5) is 5.69 Å². The summed E-state index contributed by atoms with van der Waals surface area (Å²) in [5.41, 5.74) is 1.58. The minimum atomic E-state index is 0.485. The van der Waals surface area contributed by atoms with Crippen molar-refractivity contribution in [3.63, 3.8) is 0 Å². The number of nitrogens with zero attached hydrogens (tertiary/aromatic N) is 3. The third-order valence-electron chi connectivity index (χ3n) is 2.59. The molecule has 0 unspecified atom stereocenters. The van der Waals surface area contributed by atoms with Gasteiger partial charge in [-0.1, -0.05) is 0 Å². The Balaban J connectivity index is 2.18. The lowest BCUT2D eigenvalue weighted by molar-refractivity contribution is 0.485. The van der Waals surface area contributed by atoms with Gasteiger partial charge in [-0.25, -0.2) is 4.98 Å². The molecular weight excluding hydrogens is 188 g/mol. The lowest BCUT2D eigenvalue weighted by atomic mass is 10.2. The van der Waals surface area contributed by atoms with Gasteiger partial charge in [0.1, 0.15) is 11.8 Å². The zero-order chi connectivity index (χ0) is 10.7. The molecule has 0 aromatic carbocycles. The molecule has 1 atom stereocenters. The molecule has 0 spiro atoms. The fourth-order valence-electron chi connectivity index (χ4n) is 1.84. The first-order chi connectivity index (χ1) is 7.29. The normalized spacial score (nSPS) is 21.1. The van der Waals surface area contributed by atoms with E-state index in [-0.39, 0.29) is 0 Å². The molecular formula is C11H14N4. The van der Waals surface area contributed by atoms with Gasteiger partial charge in [-0.15, -0.1) is 0 Å². The van der Waals surface area contributed by atoms with Gasteiger partial charge < -0.3 is 10.2 Å². The van der Waals surface area contributed by atoms with Crippen LogP contribution in [0.2, 0.25) is 0 Å². The van der Waals surface area contributed by atoms with Crippen molar-refractivity contribution in [2.45, 2.75) is 13.0 Å². The van der Waals surface area contributed by atoms with Crippen LogP contribution in [0, 0.1) is 11.3 Å². The number of nitriles is 1. The second kappa shape index (κ2) is 4.28. The largest absolute Gasteiger partial charge is 0.369 e. The molecule has 1 N–H and O–H groups in total. The molecule has 1 aromatic rings. The van der Waals surface area contributed by atoms with Gasteiger partial charge >= 0.3 is 0 Å². The summed E-state index contributed by atoms with van der Waals surface area (Å²) in [6, 6.07) is 6.36. The van der Waals surface area contributed by atoms with Crippen LogP contribution in [0.3, 0.4) is 0 Å². The molecule has 4 nitrogen and oxygen atoms in total. The van der Waals surface area contributed by atoms with E-state index in [2.05, 4.69) is 28.2 Å². The van der Waals surface area contributed by atoms with Gasteiger partial charge in [-0.05, 0) is 19.1 Å². The Labute approximate surface area is 89.5 Å². The third kappa shape index (κ3) is 2.25. The Hall–Kier alpha value is -1.60. The first-order valence-corrected chi connectivity index (χ1v) is 5.14. The number of anilines is 1. The Morgan fingerprint density at radius 1 is 1.67 bits per heavy atom. The molecule has 2 heterocycles. The molecule has 1 aliphatic heterocycles. The number of hydrogen-bond acceptors (Lipinski definition) is 4. The number of hydrogen-bond donors (Lipinski definition) is 1. The lowest BCUT2D eigenvalue weighted by Crippen LogP contribution is -2.49. The van der Waals surface area contributed by atoms with Crippen LogP contribution in [-0.4, -0.2) is 30.7 Å². The minimum absolute atomic E-state index is 0.485. The molecule has 78 valence electrons. The predicted molar refractivity (Wildman–Crippen MR) is 58.6 cm³/mol. The van der Waals surface area contributed by atoms with Crippen LogP contribution < -0.4 is 10.2 Å². The van der Waals surface area contributed by atoms with Gasteiger partial charge in [0.2, 0.25) is 0 Å². The fourth-order valence-corrected chi connectivity index (χ4v) is 1.84. The molecule has 0 amide bonds. The van der Waals surface area contributed by atoms with E-state index in [1.54, 1.807) is 6.20 Å². The monoisotopic (exact) mass is 202 g/mol. The van der Waals surface area contributed by atoms with E-state index in [1.807, 2.05) is 12.1 Å². The van der Waals surface area contributed by atoms with Crippen molar-refractivity contribution in [2.24, 2.45) is 0 Å². The molecule has 0 aliphatic carbocycles. The Kier molecular flexibility index (Phi) is 2.84. The van der Waals surface area contributed by atoms with E-state index >= 15 is 0 Å². The SMILES string of the molecule is C[C@@H]1CN(c2ccnc(C#N)c2)CCN1. The zero-order valence-electron chi connectivity index (χ0n) is 8.77. The molecule has 0 bridgehead atoms. The van der Waals surface area contributed by atoms with E-state index in [1.165, 1.54) is 0 Å². The molecule has 1 aliphatic rings. The maximum Gasteiger partial charge on any atom is 0.142 e. The van der Waals surface area contributed by atoms with E-state index in [0.717, 1.165) is 25.3 Å². The molecule has 4 heteroatoms. The van der Waals surface area contributed by atoms with E-state index in [0.29, 0.717) is 11.7 Å². The van der Waals surface area contributed by atoms with Crippen molar-refractivity contribution >= 4 is 5.69 Å². The highest BCUT2D eigenvalue weighted by Crippen LogP contribution is 2.15. The highest BCUT2D eigenvalue weighted by Gasteiger charge is 2.15. The maximum atomic E-state index is 8.77. The average Bonchev–Trinajstić information content (AvgIpc) is 2.29. The van der Waals surface area contributed by atoms with Crippen LogP contribution in [0.5, 0.6) is 0 Å². The van der Waals surface area contributed by atoms with Gasteiger partial charge in [0.15, 0.2) is 0 Å². The van der Waals surface area contributed by atoms with E-state index < -0.39 is 0 Å². The number of aromatic nitrogens is 1. The van der Waals surface area contributed by atoms with Crippen molar-refractivity contribution in [2.75, 3.05) is 24.5 Å². The van der Waals surface area contributed by atoms with Gasteiger partial charge in [0.25, 0.3) is 0 Å². The Morgan fingerprint density at radius 3 is 3.27 bits per heavy atom. The molecule has 0 radical (unpaired) electrons. The lowest BCUT2D eigenvalue weighted by Gasteiger charge is -2.33. The number of rotatable bonds is 1. The molecule has 1 fully saturated rings. The molecule has 15 heavy (non-hydrogen) atoms. The van der Waals surface area contributed by atoms with Crippen molar-refractivity contribution < 1.29 is 0 Å². The third-order valence-corrected chi connectivity index (χ3v) is 2.59. The summed E-state index contributed by atoms with van der Waals surface area (Å²) in [5.74, 6) is 0. The van der Waals surface area contributed by atoms with Crippen LogP contribution in [0.1, 0.15) is 12.6 Å². The van der Waals surface area contributed by atoms with Crippen molar-refractivity contribution in [1.82, 2.24) is 10.3 Å². The quantitative estimate of drug-likeness (QED) is 0.730. The second-order valence-corrected chi connectivity index (χ2v) is 3.81. The topological polar surface area (TPSA) is 52.0 Å². The number of piperazine rings is 1. The van der Waals surface area contributed by atoms with E-state index in [9.17, 15) is 0 Å². The van der Waals surface area contributed by atoms with Gasteiger partial charge in [-0.2, -0.15) is 5.26 Å². The van der Waals surface area contributed by atoms with Crippen LogP contribution >= 0.6 is 0 Å². The first kappa shape index (κ1) is 9.94. The fraction of sp³-hybridized carbons (Fsp3) is 0.455. The summed E-state index contributed by atoms with van der Waals surface area (Å²) in [5, 5.41) is 12.2. The summed E-state index contributed by atoms with van der Waals surface area (Å²) in [6.45, 7) is 5.12. The van der Waals surface area contributed by atoms with Crippen LogP contribution in [-0.2, 0) is 0 Å². The molecule has 2 rings (SSSR count). The summed E-state index contributed by atoms with van der Waals surface area (Å²) >= 11 is 0. The van der Waals surface area contributed by atoms with Gasteiger partial charge in [-0.3, -0.25) is 0 Å². The summed E-state index contributed by atoms with van der Waals surface area (Å²) in [6.07, 6.45) is 1.70. The standard InChI is InChI=1S/C11H14N4/c1-9-8-15(5-4-13-9)11-2-3-14-10(6-11)7-12/h2-3,6,9,13H,4-5,8H2,1H3/t9-/m1/s1. The summed E-state index contributed by atoms with van der Waals surface area (Å²) < 4.78 is 0. The zero-order valence-corrected chi connectivity index (χ0v) is 8.77. The van der Waals surface area contributed by atoms with Crippen molar-refractivity contribution in [1.29, 1.82) is 5.26 Å². The maximum absolute atomic E-state index is 8.77. The minimum Gasteiger partial charge on any atom is -0.369 e. The second-order valence-electron chi connectivity index (χ2n) is 3.81. The van der Waals surface area contributed by atoms with Crippen molar-refractivity contribution in [3.8, 4) is 6.07 Å². The number of nitrogens with one attached hydrogen (secondary N) is 1. The Bertz CT molecular complexity index is 382. The summed E-state index contributed by atoms with van der Waals surface area (Å²) in [4.78, 5) is 6.25. The highest BCUT2D eigenvalue weighted by molar-refractivity contribution is 5.49. The van der Waals surface area contributed by atoms with Gasteiger partial charge in [0, 0.05) is 37.6 Å². The van der Waals surface area contributed by atoms with Crippen molar-refractivity contribution in [3.05, 3.63) is 24.0 Å². The molecule has 1 aromatic heterocycles. The van der Waals surface area contributed by atoms with E-state index in [4.69, 9.17) is 5.26 Å². The molecule has 1 saturated heterocycles. The average molecular weight is 202 g/mol. The number of pyridine rings is 1. The Morgan fingerprint density at radius 2 is 2.53 bits per heavy atom. The highest BCUT2D eigenvalue weighted by atomic mass is 15.2. The predicted octanol–water partition coefficient (Wildman–Crippen LogP) is 0.751. The molecule has 0 saturated carbocycles. The van der Waals surface area contributed by atoms with Crippen LogP contribution in [0.15, 0.2) is 18.3 Å². The smallest absolute Gasteiger partial charge is 0.142 e. The van der Waals surface area contributed by atoms with Gasteiger partial charge in [0.05, 0.1) is 0 Å². The summed E-state index contributed by atoms with van der Waals surface area (Å²) in [7, 11) is 0. The van der Waals surface area contributed by atoms with Crippen LogP contribution in [0.25, 0.3) is 0 Å². The first-order valence-electron chi connectivity index (χ1n) is 5.14.